The van der Waals surface area contributed by atoms with Crippen molar-refractivity contribution in [1.82, 2.24) is 15.0 Å². The third kappa shape index (κ3) is 2.91. The lowest BCUT2D eigenvalue weighted by molar-refractivity contribution is 1.06. The van der Waals surface area contributed by atoms with Crippen molar-refractivity contribution < 1.29 is 0 Å². The lowest BCUT2D eigenvalue weighted by Gasteiger charge is -2.09. The van der Waals surface area contributed by atoms with Crippen LogP contribution in [0.2, 0.25) is 0 Å². The van der Waals surface area contributed by atoms with Gasteiger partial charge in [0, 0.05) is 26.0 Å². The minimum Gasteiger partial charge on any atom is -0.372 e. The third-order valence-corrected chi connectivity index (χ3v) is 2.99. The van der Waals surface area contributed by atoms with E-state index in [1.165, 1.54) is 6.33 Å². The minimum atomic E-state index is 0.696. The summed E-state index contributed by atoms with van der Waals surface area (Å²) in [7, 11) is 1.82. The average molecular weight is 294 g/mol. The van der Waals surface area contributed by atoms with Gasteiger partial charge in [-0.1, -0.05) is 0 Å². The maximum absolute atomic E-state index is 4.18. The summed E-state index contributed by atoms with van der Waals surface area (Å²) in [5, 5.41) is 6.22. The molecule has 0 unspecified atom stereocenters. The molecule has 2 N–H and O–H groups in total. The molecule has 5 nitrogen and oxygen atoms in total. The standard InChI is InChI=1S/C11H12BrN5/c1-13-10-9(12)11(17-7-16-10)15-6-8-2-4-14-5-3-8/h2-5,7H,6H2,1H3,(H2,13,15,16,17). The molecule has 0 saturated heterocycles. The monoisotopic (exact) mass is 293 g/mol. The molecule has 0 saturated carbocycles. The van der Waals surface area contributed by atoms with Crippen molar-refractivity contribution in [3.05, 3.63) is 40.9 Å². The van der Waals surface area contributed by atoms with Gasteiger partial charge in [-0.25, -0.2) is 9.97 Å². The number of hydrogen-bond donors (Lipinski definition) is 2. The van der Waals surface area contributed by atoms with Gasteiger partial charge in [0.15, 0.2) is 0 Å². The van der Waals surface area contributed by atoms with Crippen LogP contribution in [0.25, 0.3) is 0 Å². The summed E-state index contributed by atoms with van der Waals surface area (Å²) in [6.07, 6.45) is 5.06. The molecule has 0 atom stereocenters. The molecule has 0 aliphatic heterocycles. The molecular weight excluding hydrogens is 282 g/mol. The molecule has 6 heteroatoms. The molecular formula is C11H12BrN5. The molecule has 2 aromatic rings. The van der Waals surface area contributed by atoms with E-state index in [1.54, 1.807) is 12.4 Å². The average Bonchev–Trinajstić information content (AvgIpc) is 2.39. The molecule has 2 aromatic heterocycles. The molecule has 0 fully saturated rings. The summed E-state index contributed by atoms with van der Waals surface area (Å²) in [6.45, 7) is 0.696. The minimum absolute atomic E-state index is 0.696. The molecule has 0 aromatic carbocycles. The van der Waals surface area contributed by atoms with E-state index in [1.807, 2.05) is 19.2 Å². The number of aromatic nitrogens is 3. The summed E-state index contributed by atoms with van der Waals surface area (Å²) in [5.41, 5.74) is 1.15. The molecule has 2 heterocycles. The fourth-order valence-corrected chi connectivity index (χ4v) is 1.90. The van der Waals surface area contributed by atoms with Crippen LogP contribution in [0.5, 0.6) is 0 Å². The SMILES string of the molecule is CNc1ncnc(NCc2ccncc2)c1Br. The highest BCUT2D eigenvalue weighted by Gasteiger charge is 2.06. The van der Waals surface area contributed by atoms with E-state index in [4.69, 9.17) is 0 Å². The lowest BCUT2D eigenvalue weighted by Crippen LogP contribution is -2.04. The zero-order valence-electron chi connectivity index (χ0n) is 9.31. The van der Waals surface area contributed by atoms with Crippen LogP contribution in [0.1, 0.15) is 5.56 Å². The first-order chi connectivity index (χ1) is 8.31. The molecule has 17 heavy (non-hydrogen) atoms. The van der Waals surface area contributed by atoms with Gasteiger partial charge in [0.1, 0.15) is 22.4 Å². The Morgan fingerprint density at radius 2 is 1.88 bits per heavy atom. The zero-order chi connectivity index (χ0) is 12.1. The molecule has 0 amide bonds. The Hall–Kier alpha value is -1.69. The summed E-state index contributed by atoms with van der Waals surface area (Å²) in [5.74, 6) is 1.53. The topological polar surface area (TPSA) is 62.7 Å². The van der Waals surface area contributed by atoms with Crippen LogP contribution >= 0.6 is 15.9 Å². The van der Waals surface area contributed by atoms with Crippen molar-refractivity contribution in [2.45, 2.75) is 6.54 Å². The smallest absolute Gasteiger partial charge is 0.146 e. The van der Waals surface area contributed by atoms with Crippen molar-refractivity contribution in [1.29, 1.82) is 0 Å². The Bertz CT molecular complexity index is 488. The normalized spacial score (nSPS) is 10.0. The highest BCUT2D eigenvalue weighted by molar-refractivity contribution is 9.10. The van der Waals surface area contributed by atoms with Crippen molar-refractivity contribution in [2.24, 2.45) is 0 Å². The Kier molecular flexibility index (Phi) is 3.87. The first kappa shape index (κ1) is 11.8. The van der Waals surface area contributed by atoms with Gasteiger partial charge in [-0.15, -0.1) is 0 Å². The second-order valence-corrected chi connectivity index (χ2v) is 4.14. The van der Waals surface area contributed by atoms with E-state index in [9.17, 15) is 0 Å². The van der Waals surface area contributed by atoms with Gasteiger partial charge < -0.3 is 10.6 Å². The highest BCUT2D eigenvalue weighted by Crippen LogP contribution is 2.26. The van der Waals surface area contributed by atoms with Gasteiger partial charge in [-0.05, 0) is 33.6 Å². The van der Waals surface area contributed by atoms with Crippen molar-refractivity contribution in [3.63, 3.8) is 0 Å². The quantitative estimate of drug-likeness (QED) is 0.906. The number of nitrogens with zero attached hydrogens (tertiary/aromatic N) is 3. The number of rotatable bonds is 4. The summed E-state index contributed by atoms with van der Waals surface area (Å²) in [6, 6.07) is 3.92. The van der Waals surface area contributed by atoms with E-state index >= 15 is 0 Å². The third-order valence-electron chi connectivity index (χ3n) is 2.24. The predicted molar refractivity (Wildman–Crippen MR) is 70.8 cm³/mol. The van der Waals surface area contributed by atoms with E-state index in [0.717, 1.165) is 21.7 Å². The van der Waals surface area contributed by atoms with Crippen LogP contribution in [0, 0.1) is 0 Å². The number of halogens is 1. The Labute approximate surface area is 108 Å². The summed E-state index contributed by atoms with van der Waals surface area (Å²) >= 11 is 3.45. The number of nitrogens with one attached hydrogen (secondary N) is 2. The molecule has 0 spiro atoms. The molecule has 88 valence electrons. The molecule has 0 radical (unpaired) electrons. The molecule has 2 rings (SSSR count). The largest absolute Gasteiger partial charge is 0.372 e. The van der Waals surface area contributed by atoms with Crippen molar-refractivity contribution >= 4 is 27.6 Å². The number of anilines is 2. The maximum Gasteiger partial charge on any atom is 0.146 e. The zero-order valence-corrected chi connectivity index (χ0v) is 10.9. The molecule has 0 bridgehead atoms. The van der Waals surface area contributed by atoms with Crippen LogP contribution in [-0.4, -0.2) is 22.0 Å². The van der Waals surface area contributed by atoms with Crippen LogP contribution < -0.4 is 10.6 Å². The maximum atomic E-state index is 4.18. The Balaban J connectivity index is 2.09. The first-order valence-electron chi connectivity index (χ1n) is 5.12. The van der Waals surface area contributed by atoms with Gasteiger partial charge in [0.25, 0.3) is 0 Å². The van der Waals surface area contributed by atoms with Crippen LogP contribution in [-0.2, 0) is 6.54 Å². The van der Waals surface area contributed by atoms with Crippen molar-refractivity contribution in [2.75, 3.05) is 17.7 Å². The van der Waals surface area contributed by atoms with Crippen molar-refractivity contribution in [3.8, 4) is 0 Å². The second-order valence-electron chi connectivity index (χ2n) is 3.34. The van der Waals surface area contributed by atoms with Crippen LogP contribution in [0.4, 0.5) is 11.6 Å². The molecule has 0 aliphatic carbocycles. The van der Waals surface area contributed by atoms with Gasteiger partial charge in [0.2, 0.25) is 0 Å². The highest BCUT2D eigenvalue weighted by atomic mass is 79.9. The molecule has 0 aliphatic rings. The van der Waals surface area contributed by atoms with E-state index in [-0.39, 0.29) is 0 Å². The number of hydrogen-bond acceptors (Lipinski definition) is 5. The fourth-order valence-electron chi connectivity index (χ4n) is 1.35. The van der Waals surface area contributed by atoms with Gasteiger partial charge in [0.05, 0.1) is 0 Å². The van der Waals surface area contributed by atoms with Gasteiger partial charge in [-0.2, -0.15) is 0 Å². The second kappa shape index (κ2) is 5.58. The predicted octanol–water partition coefficient (Wildman–Crippen LogP) is 2.29. The van der Waals surface area contributed by atoms with Crippen LogP contribution in [0.3, 0.4) is 0 Å². The Morgan fingerprint density at radius 3 is 2.59 bits per heavy atom. The van der Waals surface area contributed by atoms with Gasteiger partial charge in [-0.3, -0.25) is 4.98 Å². The first-order valence-corrected chi connectivity index (χ1v) is 5.91. The summed E-state index contributed by atoms with van der Waals surface area (Å²) in [4.78, 5) is 12.2. The van der Waals surface area contributed by atoms with Gasteiger partial charge >= 0.3 is 0 Å². The Morgan fingerprint density at radius 1 is 1.18 bits per heavy atom. The van der Waals surface area contributed by atoms with E-state index in [0.29, 0.717) is 6.54 Å². The number of pyridine rings is 1. The van der Waals surface area contributed by atoms with E-state index < -0.39 is 0 Å². The fraction of sp³-hybridized carbons (Fsp3) is 0.182. The van der Waals surface area contributed by atoms with E-state index in [2.05, 4.69) is 41.5 Å². The summed E-state index contributed by atoms with van der Waals surface area (Å²) < 4.78 is 0.830. The van der Waals surface area contributed by atoms with Crippen LogP contribution in [0.15, 0.2) is 35.3 Å². The lowest BCUT2D eigenvalue weighted by atomic mass is 10.3.